The van der Waals surface area contributed by atoms with Crippen molar-refractivity contribution >= 4 is 33.2 Å². The van der Waals surface area contributed by atoms with Crippen molar-refractivity contribution in [2.45, 2.75) is 17.0 Å². The quantitative estimate of drug-likeness (QED) is 0.631. The number of carbonyl (C=O) groups excluding carboxylic acids is 1. The highest BCUT2D eigenvalue weighted by Gasteiger charge is 2.13. The molecule has 0 fully saturated rings. The Hall–Kier alpha value is -2.65. The van der Waals surface area contributed by atoms with Gasteiger partial charge in [0.2, 0.25) is 11.8 Å². The third kappa shape index (κ3) is 5.18. The van der Waals surface area contributed by atoms with Gasteiger partial charge in [-0.1, -0.05) is 35.5 Å². The Morgan fingerprint density at radius 2 is 1.93 bits per heavy atom. The number of benzene rings is 2. The molecule has 0 aliphatic heterocycles. The second-order valence-electron chi connectivity index (χ2n) is 5.88. The maximum Gasteiger partial charge on any atom is 0.277 e. The number of amides is 1. The van der Waals surface area contributed by atoms with Crippen LogP contribution in [0, 0.1) is 6.92 Å². The van der Waals surface area contributed by atoms with Gasteiger partial charge in [0, 0.05) is 17.5 Å². The van der Waals surface area contributed by atoms with Crippen molar-refractivity contribution in [1.29, 1.82) is 0 Å². The molecule has 1 heterocycles. The first-order valence-electron chi connectivity index (χ1n) is 7.94. The molecule has 0 bridgehead atoms. The number of thioether (sulfide) groups is 1. The minimum Gasteiger partial charge on any atom is -0.411 e. The summed E-state index contributed by atoms with van der Waals surface area (Å²) in [6.45, 7) is 1.97. The van der Waals surface area contributed by atoms with Gasteiger partial charge in [-0.2, -0.15) is 0 Å². The minimum atomic E-state index is -3.33. The monoisotopic (exact) mass is 403 g/mol. The first-order chi connectivity index (χ1) is 12.8. The fraction of sp³-hybridized carbons (Fsp3) is 0.167. The van der Waals surface area contributed by atoms with Crippen LogP contribution in [0.15, 0.2) is 63.1 Å². The first-order valence-corrected chi connectivity index (χ1v) is 10.8. The maximum atomic E-state index is 12.1. The summed E-state index contributed by atoms with van der Waals surface area (Å²) >= 11 is 1.11. The summed E-state index contributed by atoms with van der Waals surface area (Å²) in [5, 5.41) is 10.9. The van der Waals surface area contributed by atoms with Crippen molar-refractivity contribution in [3.05, 3.63) is 54.1 Å². The van der Waals surface area contributed by atoms with Crippen molar-refractivity contribution in [1.82, 2.24) is 10.2 Å². The molecule has 0 atom stereocenters. The highest BCUT2D eigenvalue weighted by molar-refractivity contribution is 7.99. The van der Waals surface area contributed by atoms with E-state index in [1.807, 2.05) is 31.2 Å². The van der Waals surface area contributed by atoms with Crippen LogP contribution in [0.2, 0.25) is 0 Å². The number of rotatable bonds is 6. The number of carbonyl (C=O) groups is 1. The molecule has 27 heavy (non-hydrogen) atoms. The molecule has 1 amide bonds. The molecule has 0 aliphatic rings. The molecule has 140 valence electrons. The minimum absolute atomic E-state index is 0.0541. The third-order valence-corrected chi connectivity index (χ3v) is 5.47. The lowest BCUT2D eigenvalue weighted by molar-refractivity contribution is -0.113. The zero-order chi connectivity index (χ0) is 19.4. The second kappa shape index (κ2) is 7.93. The van der Waals surface area contributed by atoms with Gasteiger partial charge in [-0.15, -0.1) is 10.2 Å². The SMILES string of the molecule is Cc1cccc(-c2nnc(SCC(=O)Nc3cccc(S(C)(=O)=O)c3)o2)c1. The molecule has 0 spiro atoms. The molecule has 3 aromatic rings. The van der Waals surface area contributed by atoms with Gasteiger partial charge in [-0.25, -0.2) is 8.42 Å². The number of hydrogen-bond donors (Lipinski definition) is 1. The fourth-order valence-electron chi connectivity index (χ4n) is 2.29. The van der Waals surface area contributed by atoms with E-state index in [1.54, 1.807) is 12.1 Å². The molecule has 0 aliphatic carbocycles. The van der Waals surface area contributed by atoms with Crippen LogP contribution >= 0.6 is 11.8 Å². The Morgan fingerprint density at radius 1 is 1.15 bits per heavy atom. The predicted molar refractivity (Wildman–Crippen MR) is 103 cm³/mol. The van der Waals surface area contributed by atoms with Gasteiger partial charge < -0.3 is 9.73 Å². The molecule has 1 N–H and O–H groups in total. The van der Waals surface area contributed by atoms with Crippen LogP contribution in [0.3, 0.4) is 0 Å². The van der Waals surface area contributed by atoms with E-state index in [-0.39, 0.29) is 21.8 Å². The van der Waals surface area contributed by atoms with Crippen molar-refractivity contribution in [3.63, 3.8) is 0 Å². The number of nitrogens with one attached hydrogen (secondary N) is 1. The number of aromatic nitrogens is 2. The Balaban J connectivity index is 1.60. The highest BCUT2D eigenvalue weighted by Crippen LogP contribution is 2.24. The van der Waals surface area contributed by atoms with Crippen molar-refractivity contribution in [2.75, 3.05) is 17.3 Å². The van der Waals surface area contributed by atoms with Gasteiger partial charge >= 0.3 is 0 Å². The Morgan fingerprint density at radius 3 is 2.67 bits per heavy atom. The molecule has 0 saturated heterocycles. The van der Waals surface area contributed by atoms with Gasteiger partial charge in [0.1, 0.15) is 0 Å². The molecule has 2 aromatic carbocycles. The molecule has 9 heteroatoms. The van der Waals surface area contributed by atoms with Crippen LogP contribution in [-0.2, 0) is 14.6 Å². The van der Waals surface area contributed by atoms with Gasteiger partial charge in [0.15, 0.2) is 9.84 Å². The molecular formula is C18H17N3O4S2. The molecule has 0 unspecified atom stereocenters. The van der Waals surface area contributed by atoms with Crippen LogP contribution in [0.4, 0.5) is 5.69 Å². The van der Waals surface area contributed by atoms with Gasteiger partial charge in [-0.05, 0) is 37.3 Å². The highest BCUT2D eigenvalue weighted by atomic mass is 32.2. The zero-order valence-electron chi connectivity index (χ0n) is 14.7. The van der Waals surface area contributed by atoms with Gasteiger partial charge in [-0.3, -0.25) is 4.79 Å². The molecule has 0 saturated carbocycles. The molecule has 0 radical (unpaired) electrons. The van der Waals surface area contributed by atoms with Crippen LogP contribution in [-0.4, -0.2) is 36.5 Å². The largest absolute Gasteiger partial charge is 0.411 e. The summed E-state index contributed by atoms with van der Waals surface area (Å²) < 4.78 is 28.7. The van der Waals surface area contributed by atoms with E-state index in [2.05, 4.69) is 15.5 Å². The average molecular weight is 403 g/mol. The van der Waals surface area contributed by atoms with Gasteiger partial charge in [0.05, 0.1) is 10.6 Å². The summed E-state index contributed by atoms with van der Waals surface area (Å²) in [6, 6.07) is 13.8. The Bertz CT molecular complexity index is 1080. The van der Waals surface area contributed by atoms with E-state index in [9.17, 15) is 13.2 Å². The van der Waals surface area contributed by atoms with E-state index in [0.717, 1.165) is 29.1 Å². The summed E-state index contributed by atoms with van der Waals surface area (Å²) in [5.41, 5.74) is 2.31. The summed E-state index contributed by atoms with van der Waals surface area (Å²) in [7, 11) is -3.33. The zero-order valence-corrected chi connectivity index (χ0v) is 16.3. The smallest absolute Gasteiger partial charge is 0.277 e. The average Bonchev–Trinajstić information content (AvgIpc) is 3.09. The Labute approximate surface area is 161 Å². The van der Waals surface area contributed by atoms with Crippen LogP contribution in [0.5, 0.6) is 0 Å². The van der Waals surface area contributed by atoms with E-state index in [4.69, 9.17) is 4.42 Å². The van der Waals surface area contributed by atoms with E-state index >= 15 is 0 Å². The summed E-state index contributed by atoms with van der Waals surface area (Å²) in [5.74, 6) is 0.141. The lowest BCUT2D eigenvalue weighted by atomic mass is 10.1. The van der Waals surface area contributed by atoms with E-state index in [0.29, 0.717) is 11.6 Å². The lowest BCUT2D eigenvalue weighted by Gasteiger charge is -2.05. The molecule has 7 nitrogen and oxygen atoms in total. The predicted octanol–water partition coefficient (Wildman–Crippen LogP) is 3.18. The third-order valence-electron chi connectivity index (χ3n) is 3.54. The van der Waals surface area contributed by atoms with Crippen LogP contribution in [0.25, 0.3) is 11.5 Å². The van der Waals surface area contributed by atoms with Crippen molar-refractivity contribution in [3.8, 4) is 11.5 Å². The standard InChI is InChI=1S/C18H17N3O4S2/c1-12-5-3-6-13(9-12)17-20-21-18(25-17)26-11-16(22)19-14-7-4-8-15(10-14)27(2,23)24/h3-10H,11H2,1-2H3,(H,19,22). The number of hydrogen-bond acceptors (Lipinski definition) is 7. The molecule has 3 rings (SSSR count). The van der Waals surface area contributed by atoms with E-state index < -0.39 is 9.84 Å². The van der Waals surface area contributed by atoms with Crippen LogP contribution in [0.1, 0.15) is 5.56 Å². The normalized spacial score (nSPS) is 11.3. The summed E-state index contributed by atoms with van der Waals surface area (Å²) in [6.07, 6.45) is 1.12. The number of aryl methyl sites for hydroxylation is 1. The lowest BCUT2D eigenvalue weighted by Crippen LogP contribution is -2.14. The van der Waals surface area contributed by atoms with Crippen molar-refractivity contribution in [2.24, 2.45) is 0 Å². The van der Waals surface area contributed by atoms with Crippen LogP contribution < -0.4 is 5.32 Å². The first kappa shape index (κ1) is 19.1. The van der Waals surface area contributed by atoms with Crippen molar-refractivity contribution < 1.29 is 17.6 Å². The summed E-state index contributed by atoms with van der Waals surface area (Å²) in [4.78, 5) is 12.2. The van der Waals surface area contributed by atoms with Gasteiger partial charge in [0.25, 0.3) is 5.22 Å². The fourth-order valence-corrected chi connectivity index (χ4v) is 3.52. The molecule has 1 aromatic heterocycles. The van der Waals surface area contributed by atoms with E-state index in [1.165, 1.54) is 12.1 Å². The number of nitrogens with zero attached hydrogens (tertiary/aromatic N) is 2. The number of sulfone groups is 1. The maximum absolute atomic E-state index is 12.1. The number of anilines is 1. The topological polar surface area (TPSA) is 102 Å². The molecular weight excluding hydrogens is 386 g/mol. The second-order valence-corrected chi connectivity index (χ2v) is 8.82. The Kier molecular flexibility index (Phi) is 5.62.